The van der Waals surface area contributed by atoms with Crippen molar-refractivity contribution in [2.24, 2.45) is 11.8 Å². The van der Waals surface area contributed by atoms with Gasteiger partial charge in [0.1, 0.15) is 5.54 Å². The van der Waals surface area contributed by atoms with Crippen LogP contribution in [0.2, 0.25) is 0 Å². The van der Waals surface area contributed by atoms with Gasteiger partial charge in [0.05, 0.1) is 17.5 Å². The molecule has 1 spiro atoms. The largest absolute Gasteiger partial charge is 0.324 e. The van der Waals surface area contributed by atoms with E-state index < -0.39 is 17.4 Å². The molecule has 5 rings (SSSR count). The molecule has 4 atom stereocenters. The summed E-state index contributed by atoms with van der Waals surface area (Å²) in [6.07, 6.45) is 2.72. The highest BCUT2D eigenvalue weighted by molar-refractivity contribution is 7.98. The van der Waals surface area contributed by atoms with Gasteiger partial charge in [-0.25, -0.2) is 4.90 Å². The molecule has 29 heavy (non-hydrogen) atoms. The summed E-state index contributed by atoms with van der Waals surface area (Å²) in [4.78, 5) is 41.6. The van der Waals surface area contributed by atoms with E-state index in [2.05, 4.69) is 10.6 Å². The first-order valence-corrected chi connectivity index (χ1v) is 11.1. The Balaban J connectivity index is 1.65. The Hall–Kier alpha value is -2.64. The van der Waals surface area contributed by atoms with E-state index in [1.54, 1.807) is 36.0 Å². The van der Waals surface area contributed by atoms with E-state index in [0.29, 0.717) is 17.8 Å². The lowest BCUT2D eigenvalue weighted by atomic mass is 9.76. The molecule has 0 radical (unpaired) electrons. The van der Waals surface area contributed by atoms with Gasteiger partial charge in [-0.3, -0.25) is 19.7 Å². The number of hydrogen-bond donors (Lipinski definition) is 2. The summed E-state index contributed by atoms with van der Waals surface area (Å²) in [7, 11) is 0. The number of rotatable bonds is 4. The molecule has 3 heterocycles. The number of para-hydroxylation sites is 2. The first-order chi connectivity index (χ1) is 14.1. The van der Waals surface area contributed by atoms with Crippen LogP contribution in [-0.2, 0) is 19.9 Å². The second-order valence-electron chi connectivity index (χ2n) is 7.69. The molecule has 3 aliphatic heterocycles. The molecule has 2 fully saturated rings. The van der Waals surface area contributed by atoms with Crippen LogP contribution in [0.1, 0.15) is 12.0 Å². The van der Waals surface area contributed by atoms with Crippen molar-refractivity contribution in [3.63, 3.8) is 0 Å². The molecule has 0 aromatic heterocycles. The van der Waals surface area contributed by atoms with Crippen LogP contribution < -0.4 is 15.5 Å². The fraction of sp³-hybridized carbons (Fsp3) is 0.318. The molecule has 0 saturated carbocycles. The Morgan fingerprint density at radius 3 is 2.48 bits per heavy atom. The quantitative estimate of drug-likeness (QED) is 0.761. The van der Waals surface area contributed by atoms with Crippen LogP contribution in [0, 0.1) is 11.8 Å². The molecule has 2 saturated heterocycles. The topological polar surface area (TPSA) is 78.5 Å². The number of thioether (sulfide) groups is 1. The molecule has 2 aromatic carbocycles. The molecule has 6 nitrogen and oxygen atoms in total. The average molecular weight is 407 g/mol. The van der Waals surface area contributed by atoms with E-state index in [0.717, 1.165) is 11.3 Å². The lowest BCUT2D eigenvalue weighted by Gasteiger charge is -2.29. The number of benzene rings is 2. The van der Waals surface area contributed by atoms with Gasteiger partial charge in [-0.2, -0.15) is 11.8 Å². The summed E-state index contributed by atoms with van der Waals surface area (Å²) in [6, 6.07) is 16.2. The van der Waals surface area contributed by atoms with Gasteiger partial charge >= 0.3 is 0 Å². The van der Waals surface area contributed by atoms with E-state index in [-0.39, 0.29) is 23.8 Å². The van der Waals surface area contributed by atoms with E-state index in [4.69, 9.17) is 0 Å². The molecule has 7 heteroatoms. The maximum atomic E-state index is 13.6. The molecule has 0 aliphatic carbocycles. The first kappa shape index (κ1) is 18.4. The van der Waals surface area contributed by atoms with Crippen LogP contribution in [0.5, 0.6) is 0 Å². The third-order valence-corrected chi connectivity index (χ3v) is 6.91. The number of fused-ring (bicyclic) bond motifs is 4. The molecule has 3 aliphatic rings. The van der Waals surface area contributed by atoms with Crippen LogP contribution in [0.3, 0.4) is 0 Å². The van der Waals surface area contributed by atoms with Crippen LogP contribution in [0.15, 0.2) is 54.6 Å². The monoisotopic (exact) mass is 407 g/mol. The number of imide groups is 1. The van der Waals surface area contributed by atoms with Gasteiger partial charge in [0, 0.05) is 17.3 Å². The standard InChI is InChI=1S/C22H21N3O3S/c1-29-12-11-16-17-18(20(27)25(19(17)26)13-7-3-2-4-8-13)22(24-16)14-9-5-6-10-15(14)23-21(22)28/h2-10,16-18,24H,11-12H2,1H3,(H,23,28). The molecule has 2 N–H and O–H groups in total. The van der Waals surface area contributed by atoms with Crippen molar-refractivity contribution in [1.29, 1.82) is 0 Å². The third-order valence-electron chi connectivity index (χ3n) is 6.27. The average Bonchev–Trinajstić information content (AvgIpc) is 3.32. The minimum absolute atomic E-state index is 0.223. The molecular weight excluding hydrogens is 386 g/mol. The zero-order valence-corrected chi connectivity index (χ0v) is 16.7. The summed E-state index contributed by atoms with van der Waals surface area (Å²) in [5, 5.41) is 6.37. The van der Waals surface area contributed by atoms with E-state index >= 15 is 0 Å². The Morgan fingerprint density at radius 1 is 1.00 bits per heavy atom. The minimum Gasteiger partial charge on any atom is -0.324 e. The summed E-state index contributed by atoms with van der Waals surface area (Å²) in [5.74, 6) is -1.27. The van der Waals surface area contributed by atoms with Crippen molar-refractivity contribution in [2.75, 3.05) is 22.2 Å². The first-order valence-electron chi connectivity index (χ1n) is 9.70. The van der Waals surface area contributed by atoms with Gasteiger partial charge in [0.25, 0.3) is 0 Å². The van der Waals surface area contributed by atoms with Crippen LogP contribution >= 0.6 is 11.8 Å². The SMILES string of the molecule is CSCCC1NC2(C(=O)Nc3ccccc32)C2C(=O)N(c3ccccc3)C(=O)C12. The number of nitrogens with one attached hydrogen (secondary N) is 2. The minimum atomic E-state index is -1.21. The number of carbonyl (C=O) groups is 3. The van der Waals surface area contributed by atoms with Gasteiger partial charge in [-0.15, -0.1) is 0 Å². The summed E-state index contributed by atoms with van der Waals surface area (Å²) in [5.41, 5.74) is 0.804. The van der Waals surface area contributed by atoms with E-state index in [9.17, 15) is 14.4 Å². The fourth-order valence-electron chi connectivity index (χ4n) is 5.08. The second-order valence-corrected chi connectivity index (χ2v) is 8.68. The highest BCUT2D eigenvalue weighted by Crippen LogP contribution is 2.53. The number of nitrogens with zero attached hydrogens (tertiary/aromatic N) is 1. The smallest absolute Gasteiger partial charge is 0.250 e. The van der Waals surface area contributed by atoms with Crippen LogP contribution in [0.25, 0.3) is 0 Å². The normalized spacial score (nSPS) is 30.0. The Kier molecular flexibility index (Phi) is 4.26. The third kappa shape index (κ3) is 2.44. The van der Waals surface area contributed by atoms with Gasteiger partial charge in [-0.1, -0.05) is 36.4 Å². The molecule has 148 valence electrons. The maximum absolute atomic E-state index is 13.6. The zero-order valence-electron chi connectivity index (χ0n) is 15.9. The molecule has 2 aromatic rings. The Bertz CT molecular complexity index is 1010. The number of hydrogen-bond acceptors (Lipinski definition) is 5. The van der Waals surface area contributed by atoms with E-state index in [1.165, 1.54) is 4.90 Å². The Labute approximate surface area is 173 Å². The van der Waals surface area contributed by atoms with Gasteiger partial charge in [0.15, 0.2) is 0 Å². The predicted octanol–water partition coefficient (Wildman–Crippen LogP) is 2.36. The fourth-order valence-corrected chi connectivity index (χ4v) is 5.57. The zero-order chi connectivity index (χ0) is 20.2. The number of amides is 3. The lowest BCUT2D eigenvalue weighted by molar-refractivity contribution is -0.130. The van der Waals surface area contributed by atoms with Gasteiger partial charge in [-0.05, 0) is 36.6 Å². The Morgan fingerprint density at radius 2 is 1.72 bits per heavy atom. The van der Waals surface area contributed by atoms with Gasteiger partial charge < -0.3 is 5.32 Å². The summed E-state index contributed by atoms with van der Waals surface area (Å²) in [6.45, 7) is 0. The highest BCUT2D eigenvalue weighted by atomic mass is 32.2. The summed E-state index contributed by atoms with van der Waals surface area (Å²) < 4.78 is 0. The van der Waals surface area contributed by atoms with Crippen LogP contribution in [-0.4, -0.2) is 35.8 Å². The summed E-state index contributed by atoms with van der Waals surface area (Å²) >= 11 is 1.69. The molecular formula is C22H21N3O3S. The van der Waals surface area contributed by atoms with Crippen molar-refractivity contribution in [1.82, 2.24) is 5.32 Å². The van der Waals surface area contributed by atoms with Gasteiger partial charge in [0.2, 0.25) is 17.7 Å². The van der Waals surface area contributed by atoms with Crippen molar-refractivity contribution in [3.8, 4) is 0 Å². The molecule has 4 unspecified atom stereocenters. The van der Waals surface area contributed by atoms with Crippen molar-refractivity contribution < 1.29 is 14.4 Å². The van der Waals surface area contributed by atoms with E-state index in [1.807, 2.05) is 36.6 Å². The van der Waals surface area contributed by atoms with Crippen molar-refractivity contribution in [3.05, 3.63) is 60.2 Å². The number of anilines is 2. The second kappa shape index (κ2) is 6.71. The predicted molar refractivity (Wildman–Crippen MR) is 113 cm³/mol. The van der Waals surface area contributed by atoms with Crippen molar-refractivity contribution in [2.45, 2.75) is 18.0 Å². The molecule has 3 amide bonds. The van der Waals surface area contributed by atoms with Crippen molar-refractivity contribution >= 4 is 40.9 Å². The number of carbonyl (C=O) groups excluding carboxylic acids is 3. The highest BCUT2D eigenvalue weighted by Gasteiger charge is 2.70. The maximum Gasteiger partial charge on any atom is 0.250 e. The molecule has 0 bridgehead atoms. The lowest BCUT2D eigenvalue weighted by Crippen LogP contribution is -2.53. The van der Waals surface area contributed by atoms with Crippen LogP contribution in [0.4, 0.5) is 11.4 Å².